The molecule has 0 aliphatic heterocycles. The Balaban J connectivity index is 2.57. The molecule has 0 atom stereocenters. The first-order valence-corrected chi connectivity index (χ1v) is 5.19. The zero-order valence-electron chi connectivity index (χ0n) is 9.40. The maximum absolute atomic E-state index is 10.9. The van der Waals surface area contributed by atoms with Crippen LogP contribution in [0.5, 0.6) is 0 Å². The standard InChI is InChI=1S/C14H13NO/c1-10-3-5-12(6-4-10)13-7-11(2)8-15-14(13)9-16/h3-9H,1-2H3. The number of aldehydes is 1. The van der Waals surface area contributed by atoms with E-state index in [1.54, 1.807) is 6.20 Å². The summed E-state index contributed by atoms with van der Waals surface area (Å²) in [6.45, 7) is 4.01. The Bertz CT molecular complexity index is 515. The number of hydrogen-bond acceptors (Lipinski definition) is 2. The molecular formula is C14H13NO. The van der Waals surface area contributed by atoms with Gasteiger partial charge in [-0.15, -0.1) is 0 Å². The largest absolute Gasteiger partial charge is 0.296 e. The van der Waals surface area contributed by atoms with Crippen LogP contribution in [0, 0.1) is 13.8 Å². The SMILES string of the molecule is Cc1ccc(-c2cc(C)cnc2C=O)cc1. The van der Waals surface area contributed by atoms with Crippen molar-refractivity contribution in [2.24, 2.45) is 0 Å². The van der Waals surface area contributed by atoms with Crippen LogP contribution in [0.3, 0.4) is 0 Å². The molecule has 0 bridgehead atoms. The van der Waals surface area contributed by atoms with Crippen molar-refractivity contribution in [3.8, 4) is 11.1 Å². The highest BCUT2D eigenvalue weighted by Gasteiger charge is 2.05. The summed E-state index contributed by atoms with van der Waals surface area (Å²) in [7, 11) is 0. The summed E-state index contributed by atoms with van der Waals surface area (Å²) < 4.78 is 0. The van der Waals surface area contributed by atoms with Crippen LogP contribution in [-0.2, 0) is 0 Å². The van der Waals surface area contributed by atoms with Gasteiger partial charge in [-0.25, -0.2) is 0 Å². The lowest BCUT2D eigenvalue weighted by atomic mass is 10.0. The molecule has 0 radical (unpaired) electrons. The lowest BCUT2D eigenvalue weighted by molar-refractivity contribution is 0.111. The second-order valence-corrected chi connectivity index (χ2v) is 3.93. The van der Waals surface area contributed by atoms with Crippen LogP contribution in [-0.4, -0.2) is 11.3 Å². The van der Waals surface area contributed by atoms with Crippen LogP contribution < -0.4 is 0 Å². The number of hydrogen-bond donors (Lipinski definition) is 0. The lowest BCUT2D eigenvalue weighted by Crippen LogP contribution is -1.93. The Labute approximate surface area is 95.0 Å². The van der Waals surface area contributed by atoms with Crippen molar-refractivity contribution in [1.29, 1.82) is 0 Å². The Morgan fingerprint density at radius 3 is 2.38 bits per heavy atom. The highest BCUT2D eigenvalue weighted by Crippen LogP contribution is 2.22. The Morgan fingerprint density at radius 1 is 1.06 bits per heavy atom. The summed E-state index contributed by atoms with van der Waals surface area (Å²) in [5.41, 5.74) is 4.69. The molecule has 1 aromatic heterocycles. The average molecular weight is 211 g/mol. The number of aromatic nitrogens is 1. The number of benzene rings is 1. The molecule has 16 heavy (non-hydrogen) atoms. The topological polar surface area (TPSA) is 30.0 Å². The molecule has 1 aromatic carbocycles. The van der Waals surface area contributed by atoms with Gasteiger partial charge in [-0.3, -0.25) is 9.78 Å². The van der Waals surface area contributed by atoms with Crippen LogP contribution in [0.25, 0.3) is 11.1 Å². The molecule has 2 rings (SSSR count). The van der Waals surface area contributed by atoms with Gasteiger partial charge in [0.25, 0.3) is 0 Å². The van der Waals surface area contributed by atoms with E-state index < -0.39 is 0 Å². The maximum atomic E-state index is 10.9. The molecular weight excluding hydrogens is 198 g/mol. The molecule has 0 fully saturated rings. The van der Waals surface area contributed by atoms with E-state index in [2.05, 4.69) is 4.98 Å². The van der Waals surface area contributed by atoms with Crippen molar-refractivity contribution < 1.29 is 4.79 Å². The fraction of sp³-hybridized carbons (Fsp3) is 0.143. The molecule has 0 unspecified atom stereocenters. The summed E-state index contributed by atoms with van der Waals surface area (Å²) in [5, 5.41) is 0. The minimum atomic E-state index is 0.495. The van der Waals surface area contributed by atoms with E-state index in [9.17, 15) is 4.79 Å². The molecule has 2 aromatic rings. The molecule has 0 saturated carbocycles. The molecule has 0 amide bonds. The van der Waals surface area contributed by atoms with Gasteiger partial charge in [0, 0.05) is 11.8 Å². The molecule has 0 N–H and O–H groups in total. The number of nitrogens with zero attached hydrogens (tertiary/aromatic N) is 1. The molecule has 2 nitrogen and oxygen atoms in total. The normalized spacial score (nSPS) is 10.1. The summed E-state index contributed by atoms with van der Waals surface area (Å²) in [6.07, 6.45) is 2.51. The van der Waals surface area contributed by atoms with Gasteiger partial charge < -0.3 is 0 Å². The summed E-state index contributed by atoms with van der Waals surface area (Å²) in [6, 6.07) is 10.1. The molecule has 80 valence electrons. The number of rotatable bonds is 2. The first kappa shape index (κ1) is 10.6. The van der Waals surface area contributed by atoms with Crippen molar-refractivity contribution in [2.75, 3.05) is 0 Å². The third-order valence-corrected chi connectivity index (χ3v) is 2.53. The van der Waals surface area contributed by atoms with Gasteiger partial charge in [-0.2, -0.15) is 0 Å². The van der Waals surface area contributed by atoms with E-state index in [0.717, 1.165) is 23.0 Å². The predicted molar refractivity (Wildman–Crippen MR) is 64.5 cm³/mol. The average Bonchev–Trinajstić information content (AvgIpc) is 2.30. The van der Waals surface area contributed by atoms with Crippen molar-refractivity contribution in [3.05, 3.63) is 53.3 Å². The van der Waals surface area contributed by atoms with E-state index in [0.29, 0.717) is 5.69 Å². The predicted octanol–water partition coefficient (Wildman–Crippen LogP) is 3.18. The van der Waals surface area contributed by atoms with Crippen LogP contribution in [0.4, 0.5) is 0 Å². The van der Waals surface area contributed by atoms with Gasteiger partial charge in [0.2, 0.25) is 0 Å². The van der Waals surface area contributed by atoms with E-state index in [-0.39, 0.29) is 0 Å². The van der Waals surface area contributed by atoms with Crippen LogP contribution in [0.2, 0.25) is 0 Å². The molecule has 2 heteroatoms. The van der Waals surface area contributed by atoms with Crippen LogP contribution in [0.15, 0.2) is 36.5 Å². The van der Waals surface area contributed by atoms with Gasteiger partial charge in [-0.1, -0.05) is 29.8 Å². The lowest BCUT2D eigenvalue weighted by Gasteiger charge is -2.05. The van der Waals surface area contributed by atoms with Gasteiger partial charge in [0.15, 0.2) is 6.29 Å². The van der Waals surface area contributed by atoms with Crippen LogP contribution in [0.1, 0.15) is 21.6 Å². The van der Waals surface area contributed by atoms with Crippen molar-refractivity contribution >= 4 is 6.29 Å². The summed E-state index contributed by atoms with van der Waals surface area (Å²) in [4.78, 5) is 15.0. The molecule has 0 spiro atoms. The third kappa shape index (κ3) is 2.01. The monoisotopic (exact) mass is 211 g/mol. The van der Waals surface area contributed by atoms with Crippen molar-refractivity contribution in [1.82, 2.24) is 4.98 Å². The number of pyridine rings is 1. The Hall–Kier alpha value is -1.96. The summed E-state index contributed by atoms with van der Waals surface area (Å²) in [5.74, 6) is 0. The molecule has 1 heterocycles. The van der Waals surface area contributed by atoms with E-state index in [1.807, 2.05) is 44.2 Å². The zero-order valence-corrected chi connectivity index (χ0v) is 9.40. The quantitative estimate of drug-likeness (QED) is 0.714. The van der Waals surface area contributed by atoms with Crippen LogP contribution >= 0.6 is 0 Å². The van der Waals surface area contributed by atoms with E-state index in [4.69, 9.17) is 0 Å². The Morgan fingerprint density at radius 2 is 1.75 bits per heavy atom. The second-order valence-electron chi connectivity index (χ2n) is 3.93. The first-order valence-electron chi connectivity index (χ1n) is 5.19. The first-order chi connectivity index (χ1) is 7.70. The number of carbonyl (C=O) groups is 1. The molecule has 0 saturated heterocycles. The highest BCUT2D eigenvalue weighted by atomic mass is 16.1. The highest BCUT2D eigenvalue weighted by molar-refractivity contribution is 5.85. The minimum absolute atomic E-state index is 0.495. The molecule has 0 aliphatic carbocycles. The maximum Gasteiger partial charge on any atom is 0.169 e. The Kier molecular flexibility index (Phi) is 2.82. The second kappa shape index (κ2) is 4.27. The fourth-order valence-electron chi connectivity index (χ4n) is 1.64. The fourth-order valence-corrected chi connectivity index (χ4v) is 1.64. The van der Waals surface area contributed by atoms with Gasteiger partial charge in [0.1, 0.15) is 5.69 Å². The number of carbonyl (C=O) groups excluding carboxylic acids is 1. The minimum Gasteiger partial charge on any atom is -0.296 e. The third-order valence-electron chi connectivity index (χ3n) is 2.53. The van der Waals surface area contributed by atoms with Gasteiger partial charge >= 0.3 is 0 Å². The zero-order chi connectivity index (χ0) is 11.5. The summed E-state index contributed by atoms with van der Waals surface area (Å²) >= 11 is 0. The van der Waals surface area contributed by atoms with Crippen molar-refractivity contribution in [2.45, 2.75) is 13.8 Å². The van der Waals surface area contributed by atoms with Gasteiger partial charge in [0.05, 0.1) is 0 Å². The smallest absolute Gasteiger partial charge is 0.169 e. The number of aryl methyl sites for hydroxylation is 2. The van der Waals surface area contributed by atoms with Gasteiger partial charge in [-0.05, 0) is 31.0 Å². The molecule has 0 aliphatic rings. The van der Waals surface area contributed by atoms with E-state index >= 15 is 0 Å². The van der Waals surface area contributed by atoms with Crippen molar-refractivity contribution in [3.63, 3.8) is 0 Å². The van der Waals surface area contributed by atoms with E-state index in [1.165, 1.54) is 5.56 Å².